The van der Waals surface area contributed by atoms with E-state index in [0.717, 1.165) is 12.1 Å². The number of fused-ring (bicyclic) bond motifs is 3. The molecule has 3 unspecified atom stereocenters. The highest BCUT2D eigenvalue weighted by atomic mass is 32.1. The van der Waals surface area contributed by atoms with Gasteiger partial charge in [0, 0.05) is 10.8 Å². The second-order valence-electron chi connectivity index (χ2n) is 5.75. The van der Waals surface area contributed by atoms with Gasteiger partial charge in [0.15, 0.2) is 0 Å². The second kappa shape index (κ2) is 5.29. The highest BCUT2D eigenvalue weighted by Gasteiger charge is 2.39. The van der Waals surface area contributed by atoms with Crippen molar-refractivity contribution in [1.82, 2.24) is 0 Å². The van der Waals surface area contributed by atoms with E-state index in [0.29, 0.717) is 17.4 Å². The molecule has 0 radical (unpaired) electrons. The molecule has 4 rings (SSSR count). The van der Waals surface area contributed by atoms with Crippen molar-refractivity contribution in [2.45, 2.75) is 18.4 Å². The largest absolute Gasteiger partial charge is 0.465 e. The average Bonchev–Trinajstić information content (AvgIpc) is 3.24. The third-order valence-corrected chi connectivity index (χ3v) is 5.61. The Balaban J connectivity index is 1.84. The zero-order chi connectivity index (χ0) is 15.1. The first-order chi connectivity index (χ1) is 10.8. The van der Waals surface area contributed by atoms with Gasteiger partial charge in [-0.2, -0.15) is 0 Å². The molecule has 1 aromatic carbocycles. The number of esters is 1. The summed E-state index contributed by atoms with van der Waals surface area (Å²) in [7, 11) is 1.43. The third-order valence-electron chi connectivity index (χ3n) is 4.65. The van der Waals surface area contributed by atoms with Crippen molar-refractivity contribution in [3.63, 3.8) is 0 Å². The molecule has 4 heteroatoms. The van der Waals surface area contributed by atoms with E-state index >= 15 is 0 Å². The molecule has 2 aliphatic rings. The van der Waals surface area contributed by atoms with Crippen molar-refractivity contribution in [1.29, 1.82) is 0 Å². The molecule has 0 amide bonds. The highest BCUT2D eigenvalue weighted by Crippen LogP contribution is 2.51. The molecule has 3 nitrogen and oxygen atoms in total. The minimum absolute atomic E-state index is 0.248. The SMILES string of the molecule is COC(=O)c1cccc2c1NC(c1cccs1)C1CC=CC21. The minimum atomic E-state index is -0.283. The molecule has 2 aromatic rings. The highest BCUT2D eigenvalue weighted by molar-refractivity contribution is 7.10. The number of carbonyl (C=O) groups is 1. The molecule has 22 heavy (non-hydrogen) atoms. The standard InChI is InChI=1S/C18H17NO2S/c1-21-18(20)14-8-3-6-12-11-5-2-7-13(11)17(19-16(12)14)15-9-4-10-22-15/h2-6,8-11,13,17,19H,7H2,1H3. The monoisotopic (exact) mass is 311 g/mol. The number of methoxy groups -OCH3 is 1. The lowest BCUT2D eigenvalue weighted by Gasteiger charge is -2.37. The summed E-state index contributed by atoms with van der Waals surface area (Å²) in [5.41, 5.74) is 2.76. The van der Waals surface area contributed by atoms with Crippen molar-refractivity contribution >= 4 is 23.0 Å². The summed E-state index contributed by atoms with van der Waals surface area (Å²) in [5.74, 6) is 0.599. The van der Waals surface area contributed by atoms with E-state index < -0.39 is 0 Å². The van der Waals surface area contributed by atoms with E-state index in [1.807, 2.05) is 12.1 Å². The fraction of sp³-hybridized carbons (Fsp3) is 0.278. The maximum absolute atomic E-state index is 12.1. The van der Waals surface area contributed by atoms with E-state index in [1.54, 1.807) is 11.3 Å². The van der Waals surface area contributed by atoms with Crippen LogP contribution in [0, 0.1) is 5.92 Å². The summed E-state index contributed by atoms with van der Waals surface area (Å²) in [6.45, 7) is 0. The van der Waals surface area contributed by atoms with Crippen molar-refractivity contribution in [3.05, 3.63) is 63.9 Å². The molecule has 1 aliphatic heterocycles. The van der Waals surface area contributed by atoms with Crippen LogP contribution in [-0.2, 0) is 4.74 Å². The zero-order valence-electron chi connectivity index (χ0n) is 12.3. The lowest BCUT2D eigenvalue weighted by atomic mass is 9.78. The fourth-order valence-corrected chi connectivity index (χ4v) is 4.50. The van der Waals surface area contributed by atoms with E-state index in [-0.39, 0.29) is 12.0 Å². The second-order valence-corrected chi connectivity index (χ2v) is 6.73. The molecule has 2 heterocycles. The van der Waals surface area contributed by atoms with Crippen LogP contribution in [0.5, 0.6) is 0 Å². The van der Waals surface area contributed by atoms with Crippen molar-refractivity contribution in [3.8, 4) is 0 Å². The predicted molar refractivity (Wildman–Crippen MR) is 88.5 cm³/mol. The molecule has 1 N–H and O–H groups in total. The molecule has 112 valence electrons. The number of benzene rings is 1. The lowest BCUT2D eigenvalue weighted by Crippen LogP contribution is -2.29. The van der Waals surface area contributed by atoms with Crippen LogP contribution in [0.1, 0.15) is 39.2 Å². The van der Waals surface area contributed by atoms with Gasteiger partial charge in [-0.3, -0.25) is 0 Å². The molecule has 1 aromatic heterocycles. The van der Waals surface area contributed by atoms with E-state index in [9.17, 15) is 4.79 Å². The first-order valence-corrected chi connectivity index (χ1v) is 8.35. The molecule has 0 bridgehead atoms. The van der Waals surface area contributed by atoms with Gasteiger partial charge in [0.25, 0.3) is 0 Å². The fourth-order valence-electron chi connectivity index (χ4n) is 3.65. The summed E-state index contributed by atoms with van der Waals surface area (Å²) in [4.78, 5) is 13.4. The number of hydrogen-bond donors (Lipinski definition) is 1. The van der Waals surface area contributed by atoms with Crippen molar-refractivity contribution in [2.24, 2.45) is 5.92 Å². The van der Waals surface area contributed by atoms with Gasteiger partial charge in [-0.1, -0.05) is 30.4 Å². The Hall–Kier alpha value is -2.07. The number of allylic oxidation sites excluding steroid dienone is 2. The van der Waals surface area contributed by atoms with Crippen molar-refractivity contribution in [2.75, 3.05) is 12.4 Å². The summed E-state index contributed by atoms with van der Waals surface area (Å²) in [6, 6.07) is 10.4. The topological polar surface area (TPSA) is 38.3 Å². The van der Waals surface area contributed by atoms with Crippen LogP contribution < -0.4 is 5.32 Å². The number of para-hydroxylation sites is 1. The van der Waals surface area contributed by atoms with Gasteiger partial charge in [0.05, 0.1) is 24.4 Å². The number of rotatable bonds is 2. The van der Waals surface area contributed by atoms with Crippen LogP contribution in [0.25, 0.3) is 0 Å². The van der Waals surface area contributed by atoms with Crippen LogP contribution in [0.15, 0.2) is 47.9 Å². The molecule has 0 saturated heterocycles. The molecule has 0 spiro atoms. The molecule has 3 atom stereocenters. The summed E-state index contributed by atoms with van der Waals surface area (Å²) in [5, 5.41) is 5.73. The van der Waals surface area contributed by atoms with Gasteiger partial charge in [-0.05, 0) is 35.4 Å². The van der Waals surface area contributed by atoms with Gasteiger partial charge >= 0.3 is 5.97 Å². The zero-order valence-corrected chi connectivity index (χ0v) is 13.1. The quantitative estimate of drug-likeness (QED) is 0.661. The Labute approximate surface area is 133 Å². The minimum Gasteiger partial charge on any atom is -0.465 e. The molecule has 1 aliphatic carbocycles. The Morgan fingerprint density at radius 1 is 1.32 bits per heavy atom. The van der Waals surface area contributed by atoms with Crippen LogP contribution in [-0.4, -0.2) is 13.1 Å². The van der Waals surface area contributed by atoms with Crippen LogP contribution in [0.3, 0.4) is 0 Å². The maximum Gasteiger partial charge on any atom is 0.339 e. The Bertz CT molecular complexity index is 736. The van der Waals surface area contributed by atoms with Crippen LogP contribution in [0.4, 0.5) is 5.69 Å². The summed E-state index contributed by atoms with van der Waals surface area (Å²) < 4.78 is 4.95. The Kier molecular flexibility index (Phi) is 3.26. The number of carbonyl (C=O) groups excluding carboxylic acids is 1. The van der Waals surface area contributed by atoms with Crippen LogP contribution >= 0.6 is 11.3 Å². The van der Waals surface area contributed by atoms with E-state index in [2.05, 4.69) is 41.0 Å². The maximum atomic E-state index is 12.1. The number of ether oxygens (including phenoxy) is 1. The number of thiophene rings is 1. The first-order valence-electron chi connectivity index (χ1n) is 7.47. The third kappa shape index (κ3) is 1.98. The van der Waals surface area contributed by atoms with Crippen molar-refractivity contribution < 1.29 is 9.53 Å². The predicted octanol–water partition coefficient (Wildman–Crippen LogP) is 4.36. The number of nitrogens with one attached hydrogen (secondary N) is 1. The van der Waals surface area contributed by atoms with Gasteiger partial charge in [0.1, 0.15) is 0 Å². The summed E-state index contributed by atoms with van der Waals surface area (Å²) in [6.07, 6.45) is 5.62. The van der Waals surface area contributed by atoms with Gasteiger partial charge in [-0.25, -0.2) is 4.79 Å². The van der Waals surface area contributed by atoms with E-state index in [4.69, 9.17) is 4.74 Å². The normalized spacial score (nSPS) is 25.2. The Morgan fingerprint density at radius 2 is 2.23 bits per heavy atom. The van der Waals surface area contributed by atoms with E-state index in [1.165, 1.54) is 17.6 Å². The Morgan fingerprint density at radius 3 is 3.00 bits per heavy atom. The lowest BCUT2D eigenvalue weighted by molar-refractivity contribution is 0.0601. The molecule has 0 saturated carbocycles. The molecule has 0 fully saturated rings. The van der Waals surface area contributed by atoms with Gasteiger partial charge in [-0.15, -0.1) is 11.3 Å². The molecular weight excluding hydrogens is 294 g/mol. The number of anilines is 1. The molecular formula is C18H17NO2S. The van der Waals surface area contributed by atoms with Crippen LogP contribution in [0.2, 0.25) is 0 Å². The number of hydrogen-bond acceptors (Lipinski definition) is 4. The van der Waals surface area contributed by atoms with Gasteiger partial charge in [0.2, 0.25) is 0 Å². The smallest absolute Gasteiger partial charge is 0.339 e. The summed E-state index contributed by atoms with van der Waals surface area (Å²) >= 11 is 1.77. The average molecular weight is 311 g/mol. The first kappa shape index (κ1) is 13.6. The van der Waals surface area contributed by atoms with Gasteiger partial charge < -0.3 is 10.1 Å².